The molecule has 1 fully saturated rings. The van der Waals surface area contributed by atoms with Gasteiger partial charge in [-0.25, -0.2) is 4.99 Å². The highest BCUT2D eigenvalue weighted by Crippen LogP contribution is 2.14. The lowest BCUT2D eigenvalue weighted by molar-refractivity contribution is -0.108. The summed E-state index contributed by atoms with van der Waals surface area (Å²) in [5, 5.41) is 18.0. The van der Waals surface area contributed by atoms with Gasteiger partial charge in [0.15, 0.2) is 12.2 Å². The third-order valence-corrected chi connectivity index (χ3v) is 1.44. The van der Waals surface area contributed by atoms with Gasteiger partial charge in [-0.1, -0.05) is 0 Å². The van der Waals surface area contributed by atoms with Crippen LogP contribution in [0.2, 0.25) is 0 Å². The summed E-state index contributed by atoms with van der Waals surface area (Å²) < 4.78 is 4.67. The number of aliphatic hydroxyl groups excluding tert-OH is 2. The van der Waals surface area contributed by atoms with E-state index in [1.54, 1.807) is 0 Å². The van der Waals surface area contributed by atoms with Crippen LogP contribution in [0.1, 0.15) is 0 Å². The largest absolute Gasteiger partial charge is 0.385 e. The molecule has 0 spiro atoms. The van der Waals surface area contributed by atoms with Crippen molar-refractivity contribution in [3.63, 3.8) is 0 Å². The summed E-state index contributed by atoms with van der Waals surface area (Å²) in [4.78, 5) is 3.65. The minimum atomic E-state index is -1.18. The lowest BCUT2D eigenvalue weighted by Crippen LogP contribution is -2.33. The first-order chi connectivity index (χ1) is 5.11. The lowest BCUT2D eigenvalue weighted by Gasteiger charge is -2.08. The van der Waals surface area contributed by atoms with E-state index in [4.69, 9.17) is 21.7 Å². The van der Waals surface area contributed by atoms with Crippen molar-refractivity contribution in [3.8, 4) is 0 Å². The highest BCUT2D eigenvalue weighted by Gasteiger charge is 2.34. The van der Waals surface area contributed by atoms with Crippen LogP contribution in [0, 0.1) is 0 Å². The fraction of sp³-hybridized carbons (Fsp3) is 0.800. The number of hydrogen-bond acceptors (Lipinski definition) is 4. The van der Waals surface area contributed by atoms with Gasteiger partial charge in [-0.3, -0.25) is 0 Å². The van der Waals surface area contributed by atoms with Crippen LogP contribution < -0.4 is 11.5 Å². The molecule has 1 rings (SSSR count). The summed E-state index contributed by atoms with van der Waals surface area (Å²) >= 11 is 0. The fourth-order valence-corrected chi connectivity index (χ4v) is 0.890. The van der Waals surface area contributed by atoms with Crippen molar-refractivity contribution in [2.75, 3.05) is 6.61 Å². The second-order valence-corrected chi connectivity index (χ2v) is 2.34. The van der Waals surface area contributed by atoms with E-state index in [1.807, 2.05) is 0 Å². The Morgan fingerprint density at radius 3 is 2.45 bits per heavy atom. The van der Waals surface area contributed by atoms with Crippen molar-refractivity contribution < 1.29 is 14.9 Å². The Labute approximate surface area is 63.5 Å². The number of rotatable bonds is 1. The van der Waals surface area contributed by atoms with E-state index in [-0.39, 0.29) is 12.6 Å². The molecule has 1 aliphatic heterocycles. The van der Waals surface area contributed by atoms with Crippen LogP contribution in [-0.2, 0) is 4.74 Å². The van der Waals surface area contributed by atoms with Crippen molar-refractivity contribution in [2.45, 2.75) is 18.4 Å². The first kappa shape index (κ1) is 8.25. The molecule has 0 aromatic heterocycles. The molecule has 6 nitrogen and oxygen atoms in total. The summed E-state index contributed by atoms with van der Waals surface area (Å²) in [5.41, 5.74) is 10.1. The second-order valence-electron chi connectivity index (χ2n) is 2.34. The van der Waals surface area contributed by atoms with Gasteiger partial charge in [0, 0.05) is 0 Å². The molecule has 1 heterocycles. The Kier molecular flexibility index (Phi) is 2.28. The van der Waals surface area contributed by atoms with Crippen LogP contribution in [-0.4, -0.2) is 41.2 Å². The van der Waals surface area contributed by atoms with Crippen LogP contribution in [0.4, 0.5) is 0 Å². The molecule has 1 saturated heterocycles. The number of guanidine groups is 1. The lowest BCUT2D eigenvalue weighted by atomic mass is 10.2. The minimum absolute atomic E-state index is 0.119. The van der Waals surface area contributed by atoms with Gasteiger partial charge < -0.3 is 26.4 Å². The minimum Gasteiger partial charge on any atom is -0.385 e. The number of hydrogen-bond donors (Lipinski definition) is 4. The maximum Gasteiger partial charge on any atom is 0.186 e. The molecule has 1 unspecified atom stereocenters. The molecule has 0 aliphatic carbocycles. The Bertz CT molecular complexity index is 168. The molecule has 6 N–H and O–H groups in total. The van der Waals surface area contributed by atoms with Crippen molar-refractivity contribution in [3.05, 3.63) is 0 Å². The average Bonchev–Trinajstić information content (AvgIpc) is 2.18. The Morgan fingerprint density at radius 1 is 1.45 bits per heavy atom. The molecule has 0 aromatic rings. The predicted molar refractivity (Wildman–Crippen MR) is 37.6 cm³/mol. The van der Waals surface area contributed by atoms with Crippen LogP contribution in [0.5, 0.6) is 0 Å². The van der Waals surface area contributed by atoms with Gasteiger partial charge >= 0.3 is 0 Å². The van der Waals surface area contributed by atoms with Gasteiger partial charge in [0.1, 0.15) is 12.1 Å². The molecule has 0 bridgehead atoms. The Hall–Kier alpha value is -0.850. The number of aliphatic hydroxyl groups is 2. The van der Waals surface area contributed by atoms with Gasteiger partial charge in [-0.2, -0.15) is 0 Å². The van der Waals surface area contributed by atoms with Gasteiger partial charge in [0.05, 0.1) is 6.61 Å². The van der Waals surface area contributed by atoms with E-state index >= 15 is 0 Å². The van der Waals surface area contributed by atoms with E-state index in [1.165, 1.54) is 0 Å². The third-order valence-electron chi connectivity index (χ3n) is 1.44. The topological polar surface area (TPSA) is 114 Å². The zero-order chi connectivity index (χ0) is 8.43. The summed E-state index contributed by atoms with van der Waals surface area (Å²) in [6.45, 7) is 0.139. The molecule has 3 atom stereocenters. The van der Waals surface area contributed by atoms with E-state index < -0.39 is 18.4 Å². The van der Waals surface area contributed by atoms with Crippen LogP contribution in [0.3, 0.4) is 0 Å². The first-order valence-corrected chi connectivity index (χ1v) is 3.17. The molecule has 0 saturated carbocycles. The van der Waals surface area contributed by atoms with Crippen molar-refractivity contribution in [1.29, 1.82) is 0 Å². The Morgan fingerprint density at radius 2 is 2.09 bits per heavy atom. The van der Waals surface area contributed by atoms with Gasteiger partial charge in [0.25, 0.3) is 0 Å². The molecule has 0 radical (unpaired) electrons. The van der Waals surface area contributed by atoms with Crippen molar-refractivity contribution in [1.82, 2.24) is 0 Å². The second kappa shape index (κ2) is 3.04. The van der Waals surface area contributed by atoms with Crippen molar-refractivity contribution in [2.24, 2.45) is 16.5 Å². The molecule has 1 aliphatic rings. The summed E-state index contributed by atoms with van der Waals surface area (Å²) in [6.07, 6.45) is -2.21. The molecule has 6 heteroatoms. The zero-order valence-corrected chi connectivity index (χ0v) is 5.84. The van der Waals surface area contributed by atoms with Crippen molar-refractivity contribution >= 4 is 5.96 Å². The smallest absolute Gasteiger partial charge is 0.186 e. The average molecular weight is 161 g/mol. The quantitative estimate of drug-likeness (QED) is 0.247. The molecular formula is C5H11N3O3. The standard InChI is InChI=1S/C5H11N3O3/c6-5(7)8-2-1-11-4(10)3(2)9/h2-4,9-10H,1H2,(H4,6,7,8)/t2-,3+,4?/m1/s1. The van der Waals surface area contributed by atoms with E-state index in [9.17, 15) is 0 Å². The van der Waals surface area contributed by atoms with E-state index in [0.29, 0.717) is 0 Å². The normalized spacial score (nSPS) is 37.1. The predicted octanol–water partition coefficient (Wildman–Crippen LogP) is -2.66. The molecular weight excluding hydrogens is 150 g/mol. The third kappa shape index (κ3) is 1.79. The first-order valence-electron chi connectivity index (χ1n) is 3.17. The molecule has 11 heavy (non-hydrogen) atoms. The van der Waals surface area contributed by atoms with Gasteiger partial charge in [-0.15, -0.1) is 0 Å². The van der Waals surface area contributed by atoms with Gasteiger partial charge in [0.2, 0.25) is 0 Å². The summed E-state index contributed by atoms with van der Waals surface area (Å²) in [7, 11) is 0. The van der Waals surface area contributed by atoms with Crippen LogP contribution >= 0.6 is 0 Å². The number of nitrogens with zero attached hydrogens (tertiary/aromatic N) is 1. The molecule has 0 amide bonds. The monoisotopic (exact) mass is 161 g/mol. The number of ether oxygens (including phenoxy) is 1. The van der Waals surface area contributed by atoms with E-state index in [0.717, 1.165) is 0 Å². The van der Waals surface area contributed by atoms with Crippen LogP contribution in [0.15, 0.2) is 4.99 Å². The van der Waals surface area contributed by atoms with E-state index in [2.05, 4.69) is 9.73 Å². The number of nitrogens with two attached hydrogens (primary N) is 2. The van der Waals surface area contributed by atoms with Crippen LogP contribution in [0.25, 0.3) is 0 Å². The molecule has 0 aromatic carbocycles. The maximum absolute atomic E-state index is 9.11. The molecule has 64 valence electrons. The summed E-state index contributed by atoms with van der Waals surface area (Å²) in [6, 6.07) is -0.546. The highest BCUT2D eigenvalue weighted by molar-refractivity contribution is 5.75. The Balaban J connectivity index is 2.55. The number of aliphatic imine (C=N–C) groups is 1. The van der Waals surface area contributed by atoms with Gasteiger partial charge in [-0.05, 0) is 0 Å². The fourth-order valence-electron chi connectivity index (χ4n) is 0.890. The SMILES string of the molecule is NC(N)=N[C@@H]1COC(O)[C@H]1O. The zero-order valence-electron chi connectivity index (χ0n) is 5.84. The summed E-state index contributed by atoms with van der Waals surface area (Å²) in [5.74, 6) is -0.119. The maximum atomic E-state index is 9.11. The highest BCUT2D eigenvalue weighted by atomic mass is 16.6.